The second-order valence-electron chi connectivity index (χ2n) is 9.42. The minimum Gasteiger partial charge on any atom is -0.345 e. The summed E-state index contributed by atoms with van der Waals surface area (Å²) in [5, 5.41) is 3.54. The lowest BCUT2D eigenvalue weighted by molar-refractivity contribution is -0.908. The molecule has 4 fully saturated rings. The molecular weight excluding hydrogens is 308 g/mol. The van der Waals surface area contributed by atoms with Crippen molar-refractivity contribution >= 4 is 5.91 Å². The Morgan fingerprint density at radius 1 is 1.12 bits per heavy atom. The van der Waals surface area contributed by atoms with Crippen LogP contribution in [-0.2, 0) is 11.3 Å². The maximum Gasteiger partial charge on any atom is 0.278 e. The number of quaternary nitrogens is 1. The molecule has 0 heterocycles. The monoisotopic (exact) mass is 341 g/mol. The van der Waals surface area contributed by atoms with E-state index in [-0.39, 0.29) is 17.5 Å². The highest BCUT2D eigenvalue weighted by atomic mass is 16.2. The van der Waals surface area contributed by atoms with E-state index in [9.17, 15) is 4.79 Å². The van der Waals surface area contributed by atoms with Gasteiger partial charge < -0.3 is 10.2 Å². The molecule has 1 unspecified atom stereocenters. The molecule has 3 nitrogen and oxygen atoms in total. The van der Waals surface area contributed by atoms with Gasteiger partial charge in [0.15, 0.2) is 6.04 Å². The van der Waals surface area contributed by atoms with Crippen LogP contribution in [0.4, 0.5) is 0 Å². The van der Waals surface area contributed by atoms with E-state index in [1.807, 2.05) is 0 Å². The zero-order valence-electron chi connectivity index (χ0n) is 16.0. The van der Waals surface area contributed by atoms with Crippen LogP contribution < -0.4 is 10.2 Å². The van der Waals surface area contributed by atoms with Gasteiger partial charge in [0.2, 0.25) is 0 Å². The Morgan fingerprint density at radius 2 is 1.64 bits per heavy atom. The van der Waals surface area contributed by atoms with E-state index in [1.54, 1.807) is 0 Å². The summed E-state index contributed by atoms with van der Waals surface area (Å²) in [6, 6.07) is 8.67. The van der Waals surface area contributed by atoms with Gasteiger partial charge in [0.1, 0.15) is 6.54 Å². The first kappa shape index (κ1) is 17.1. The average molecular weight is 342 g/mol. The van der Waals surface area contributed by atoms with E-state index >= 15 is 0 Å². The van der Waals surface area contributed by atoms with Gasteiger partial charge in [0.05, 0.1) is 7.05 Å². The quantitative estimate of drug-likeness (QED) is 0.848. The molecule has 1 aromatic rings. The van der Waals surface area contributed by atoms with Crippen molar-refractivity contribution in [2.75, 3.05) is 7.05 Å². The van der Waals surface area contributed by atoms with Gasteiger partial charge in [-0.15, -0.1) is 0 Å². The summed E-state index contributed by atoms with van der Waals surface area (Å²) in [4.78, 5) is 14.3. The Kier molecular flexibility index (Phi) is 4.39. The second-order valence-corrected chi connectivity index (χ2v) is 9.42. The van der Waals surface area contributed by atoms with Crippen LogP contribution in [0.5, 0.6) is 0 Å². The number of hydrogen-bond acceptors (Lipinski definition) is 1. The Balaban J connectivity index is 1.38. The number of hydrogen-bond donors (Lipinski definition) is 2. The van der Waals surface area contributed by atoms with E-state index < -0.39 is 0 Å². The van der Waals surface area contributed by atoms with Gasteiger partial charge in [-0.3, -0.25) is 4.79 Å². The summed E-state index contributed by atoms with van der Waals surface area (Å²) < 4.78 is 0. The van der Waals surface area contributed by atoms with Gasteiger partial charge in [0.25, 0.3) is 5.91 Å². The van der Waals surface area contributed by atoms with Crippen LogP contribution in [0, 0.1) is 24.7 Å². The van der Waals surface area contributed by atoms with Crippen molar-refractivity contribution in [2.24, 2.45) is 17.8 Å². The lowest BCUT2D eigenvalue weighted by atomic mass is 9.53. The molecule has 2 N–H and O–H groups in total. The topological polar surface area (TPSA) is 33.5 Å². The predicted octanol–water partition coefficient (Wildman–Crippen LogP) is 2.48. The first-order valence-electron chi connectivity index (χ1n) is 10.1. The van der Waals surface area contributed by atoms with Crippen molar-refractivity contribution in [2.45, 2.75) is 70.5 Å². The summed E-state index contributed by atoms with van der Waals surface area (Å²) in [6.45, 7) is 5.09. The highest BCUT2D eigenvalue weighted by Gasteiger charge is 2.52. The average Bonchev–Trinajstić information content (AvgIpc) is 2.54. The SMILES string of the molecule is Cc1ccc(C[NH+](C)[C@H](C)C(=O)NC23CC4CC(CC(C4)C2)C3)cc1. The van der Waals surface area contributed by atoms with Crippen molar-refractivity contribution in [1.82, 2.24) is 5.32 Å². The van der Waals surface area contributed by atoms with Gasteiger partial charge in [-0.05, 0) is 70.1 Å². The Hall–Kier alpha value is -1.35. The van der Waals surface area contributed by atoms with Gasteiger partial charge in [-0.25, -0.2) is 0 Å². The number of likely N-dealkylation sites (N-methyl/N-ethyl adjacent to an activating group) is 1. The van der Waals surface area contributed by atoms with Crippen LogP contribution in [-0.4, -0.2) is 24.5 Å². The van der Waals surface area contributed by atoms with Crippen molar-refractivity contribution in [3.05, 3.63) is 35.4 Å². The largest absolute Gasteiger partial charge is 0.345 e. The molecule has 25 heavy (non-hydrogen) atoms. The molecule has 4 saturated carbocycles. The molecule has 1 aromatic carbocycles. The lowest BCUT2D eigenvalue weighted by Crippen LogP contribution is -3.12. The number of aryl methyl sites for hydroxylation is 1. The molecule has 4 aliphatic rings. The number of benzene rings is 1. The first-order valence-corrected chi connectivity index (χ1v) is 10.1. The summed E-state index contributed by atoms with van der Waals surface area (Å²) >= 11 is 0. The first-order chi connectivity index (χ1) is 11.9. The number of rotatable bonds is 5. The maximum absolute atomic E-state index is 13.0. The third kappa shape index (κ3) is 3.48. The zero-order valence-corrected chi connectivity index (χ0v) is 16.0. The molecule has 0 aromatic heterocycles. The zero-order chi connectivity index (χ0) is 17.6. The van der Waals surface area contributed by atoms with Crippen LogP contribution in [0.3, 0.4) is 0 Å². The molecule has 0 saturated heterocycles. The third-order valence-electron chi connectivity index (χ3n) is 7.16. The van der Waals surface area contributed by atoms with Gasteiger partial charge in [-0.2, -0.15) is 0 Å². The van der Waals surface area contributed by atoms with Crippen LogP contribution in [0.25, 0.3) is 0 Å². The molecule has 4 aliphatic carbocycles. The van der Waals surface area contributed by atoms with E-state index in [0.717, 1.165) is 24.3 Å². The third-order valence-corrected chi connectivity index (χ3v) is 7.16. The molecule has 4 bridgehead atoms. The lowest BCUT2D eigenvalue weighted by Gasteiger charge is -2.57. The number of nitrogens with one attached hydrogen (secondary N) is 2. The normalized spacial score (nSPS) is 35.4. The van der Waals surface area contributed by atoms with E-state index in [0.29, 0.717) is 0 Å². The highest BCUT2D eigenvalue weighted by Crippen LogP contribution is 2.55. The second kappa shape index (κ2) is 6.42. The molecule has 0 aliphatic heterocycles. The van der Waals surface area contributed by atoms with Crippen LogP contribution in [0.2, 0.25) is 0 Å². The molecule has 2 atom stereocenters. The molecule has 0 spiro atoms. The summed E-state index contributed by atoms with van der Waals surface area (Å²) in [5.74, 6) is 2.88. The summed E-state index contributed by atoms with van der Waals surface area (Å²) in [5.41, 5.74) is 2.72. The van der Waals surface area contributed by atoms with Crippen LogP contribution >= 0.6 is 0 Å². The highest BCUT2D eigenvalue weighted by molar-refractivity contribution is 5.80. The van der Waals surface area contributed by atoms with Crippen LogP contribution in [0.15, 0.2) is 24.3 Å². The fourth-order valence-electron chi connectivity index (χ4n) is 6.04. The summed E-state index contributed by atoms with van der Waals surface area (Å²) in [6.07, 6.45) is 7.95. The Labute approximate surface area is 152 Å². The maximum atomic E-state index is 13.0. The molecule has 1 amide bonds. The van der Waals surface area contributed by atoms with E-state index in [2.05, 4.69) is 50.5 Å². The van der Waals surface area contributed by atoms with E-state index in [4.69, 9.17) is 0 Å². The van der Waals surface area contributed by atoms with Crippen LogP contribution in [0.1, 0.15) is 56.6 Å². The smallest absolute Gasteiger partial charge is 0.278 e. The van der Waals surface area contributed by atoms with Gasteiger partial charge in [-0.1, -0.05) is 29.8 Å². The Bertz CT molecular complexity index is 601. The predicted molar refractivity (Wildman–Crippen MR) is 100 cm³/mol. The molecule has 136 valence electrons. The number of carbonyl (C=O) groups excluding carboxylic acids is 1. The minimum atomic E-state index is -0.00527. The van der Waals surface area contributed by atoms with Crippen molar-refractivity contribution in [3.8, 4) is 0 Å². The number of amides is 1. The van der Waals surface area contributed by atoms with Crippen molar-refractivity contribution in [3.63, 3.8) is 0 Å². The van der Waals surface area contributed by atoms with Gasteiger partial charge >= 0.3 is 0 Å². The van der Waals surface area contributed by atoms with E-state index in [1.165, 1.54) is 54.6 Å². The van der Waals surface area contributed by atoms with Crippen molar-refractivity contribution in [1.29, 1.82) is 0 Å². The Morgan fingerprint density at radius 3 is 2.16 bits per heavy atom. The number of carbonyl (C=O) groups is 1. The molecule has 0 radical (unpaired) electrons. The van der Waals surface area contributed by atoms with Gasteiger partial charge in [0, 0.05) is 11.1 Å². The molecule has 5 rings (SSSR count). The molecular formula is C22H33N2O+. The standard InChI is InChI=1S/C22H32N2O/c1-15-4-6-17(7-5-15)14-24(3)16(2)21(25)23-22-11-18-8-19(12-22)10-20(9-18)13-22/h4-7,16,18-20H,8-14H2,1-3H3,(H,23,25)/p+1/t16-,18?,19?,20?,22?/m1/s1. The molecule has 3 heteroatoms. The summed E-state index contributed by atoms with van der Waals surface area (Å²) in [7, 11) is 2.14. The fraction of sp³-hybridized carbons (Fsp3) is 0.682. The fourth-order valence-corrected chi connectivity index (χ4v) is 6.04. The minimum absolute atomic E-state index is 0.00527. The van der Waals surface area contributed by atoms with Crippen molar-refractivity contribution < 1.29 is 9.69 Å².